The molecule has 9 aromatic rings. The summed E-state index contributed by atoms with van der Waals surface area (Å²) in [5.74, 6) is 1.99. The number of benzene rings is 6. The average molecular weight is 1080 g/mol. The molecule has 1 atom stereocenters. The zero-order valence-corrected chi connectivity index (χ0v) is 46.0. The Morgan fingerprint density at radius 3 is 1.95 bits per heavy atom. The fourth-order valence-electron chi connectivity index (χ4n) is 9.59. The second-order valence-electron chi connectivity index (χ2n) is 19.8. The van der Waals surface area contributed by atoms with E-state index < -0.39 is 28.1 Å². The van der Waals surface area contributed by atoms with E-state index in [1.165, 1.54) is 25.2 Å². The van der Waals surface area contributed by atoms with Crippen LogP contribution in [0.1, 0.15) is 103 Å². The Morgan fingerprint density at radius 2 is 1.38 bits per heavy atom. The van der Waals surface area contributed by atoms with Crippen LogP contribution in [0.2, 0.25) is 0 Å². The molecule has 402 valence electrons. The van der Waals surface area contributed by atoms with Crippen LogP contribution in [0, 0.1) is 10.1 Å². The fraction of sp³-hybridized carbons (Fsp3) is 0.242. The number of hydrogen-bond acceptors (Lipinski definition) is 13. The second kappa shape index (κ2) is 24.2. The molecule has 0 radical (unpaired) electrons. The molecule has 0 fully saturated rings. The van der Waals surface area contributed by atoms with Gasteiger partial charge in [-0.15, -0.1) is 16.9 Å². The van der Waals surface area contributed by atoms with Crippen LogP contribution in [0.25, 0.3) is 22.5 Å². The first kappa shape index (κ1) is 54.8. The Morgan fingerprint density at radius 1 is 0.772 bits per heavy atom. The minimum Gasteiger partial charge on any atom is -0.461 e. The molecule has 6 aromatic carbocycles. The van der Waals surface area contributed by atoms with Gasteiger partial charge in [-0.1, -0.05) is 153 Å². The number of aryl methyl sites for hydroxylation is 1. The van der Waals surface area contributed by atoms with Gasteiger partial charge < -0.3 is 18.8 Å². The molecule has 0 bridgehead atoms. The number of nitro benzene ring substituents is 1. The number of tetrazole rings is 1. The maximum Gasteiger partial charge on any atom is 0.414 e. The monoisotopic (exact) mass is 1080 g/mol. The molecular formula is C62H61N9O7S. The van der Waals surface area contributed by atoms with Gasteiger partial charge in [0.1, 0.15) is 28.4 Å². The number of carbonyl (C=O) groups excluding carboxylic acids is 2. The van der Waals surface area contributed by atoms with E-state index in [0.717, 1.165) is 61.7 Å². The first-order valence-electron chi connectivity index (χ1n) is 26.1. The van der Waals surface area contributed by atoms with Crippen molar-refractivity contribution in [3.63, 3.8) is 0 Å². The topological polar surface area (TPSA) is 183 Å². The largest absolute Gasteiger partial charge is 0.461 e. The number of carbonyl (C=O) groups is 2. The summed E-state index contributed by atoms with van der Waals surface area (Å²) in [4.78, 5) is 48.9. The summed E-state index contributed by atoms with van der Waals surface area (Å²) >= 11 is 1.61. The molecule has 17 heteroatoms. The number of nitrogens with zero attached hydrogens (tertiary/aromatic N) is 9. The molecule has 3 heterocycles. The summed E-state index contributed by atoms with van der Waals surface area (Å²) < 4.78 is 21.1. The highest BCUT2D eigenvalue weighted by atomic mass is 32.2. The van der Waals surface area contributed by atoms with Gasteiger partial charge in [-0.25, -0.2) is 24.2 Å². The third kappa shape index (κ3) is 12.0. The summed E-state index contributed by atoms with van der Waals surface area (Å²) in [6, 6.07) is 55.3. The Kier molecular flexibility index (Phi) is 16.8. The van der Waals surface area contributed by atoms with E-state index in [1.54, 1.807) is 51.7 Å². The molecular weight excluding hydrogens is 1010 g/mol. The Balaban J connectivity index is 0.962. The van der Waals surface area contributed by atoms with Gasteiger partial charge in [0.25, 0.3) is 5.69 Å². The quantitative estimate of drug-likeness (QED) is 0.0304. The second-order valence-corrected chi connectivity index (χ2v) is 21.1. The van der Waals surface area contributed by atoms with Gasteiger partial charge in [-0.05, 0) is 96.5 Å². The first-order valence-corrected chi connectivity index (χ1v) is 27.1. The summed E-state index contributed by atoms with van der Waals surface area (Å²) in [7, 11) is 1.40. The summed E-state index contributed by atoms with van der Waals surface area (Å²) in [6.07, 6.45) is 2.41. The number of rotatable bonds is 20. The van der Waals surface area contributed by atoms with Crippen molar-refractivity contribution in [1.29, 1.82) is 0 Å². The Bertz CT molecular complexity index is 3450. The maximum atomic E-state index is 14.0. The van der Waals surface area contributed by atoms with Crippen LogP contribution in [0.4, 0.5) is 16.2 Å². The number of aromatic nitrogens is 7. The predicted molar refractivity (Wildman–Crippen MR) is 306 cm³/mol. The highest BCUT2D eigenvalue weighted by molar-refractivity contribution is 7.98. The average Bonchev–Trinajstić information content (AvgIpc) is 4.27. The van der Waals surface area contributed by atoms with Crippen molar-refractivity contribution in [2.45, 2.75) is 83.1 Å². The zero-order valence-electron chi connectivity index (χ0n) is 45.1. The van der Waals surface area contributed by atoms with Crippen LogP contribution in [-0.2, 0) is 33.7 Å². The van der Waals surface area contributed by atoms with E-state index in [0.29, 0.717) is 35.9 Å². The molecule has 0 spiro atoms. The lowest BCUT2D eigenvalue weighted by atomic mass is 9.77. The first-order chi connectivity index (χ1) is 38.2. The highest BCUT2D eigenvalue weighted by Crippen LogP contribution is 2.44. The summed E-state index contributed by atoms with van der Waals surface area (Å²) in [6.45, 7) is 11.7. The number of amides is 1. The van der Waals surface area contributed by atoms with Crippen LogP contribution < -0.4 is 9.64 Å². The van der Waals surface area contributed by atoms with Crippen LogP contribution in [0.15, 0.2) is 176 Å². The van der Waals surface area contributed by atoms with Crippen molar-refractivity contribution in [2.75, 3.05) is 18.6 Å². The van der Waals surface area contributed by atoms with Crippen LogP contribution in [-0.4, -0.2) is 71.0 Å². The smallest absolute Gasteiger partial charge is 0.414 e. The number of hydrogen-bond donors (Lipinski definition) is 0. The van der Waals surface area contributed by atoms with E-state index in [2.05, 4.69) is 89.9 Å². The van der Waals surface area contributed by atoms with Crippen molar-refractivity contribution in [3.05, 3.63) is 231 Å². The number of nitro groups is 1. The normalized spacial score (nSPS) is 11.9. The third-order valence-electron chi connectivity index (χ3n) is 13.2. The lowest BCUT2D eigenvalue weighted by Crippen LogP contribution is -2.39. The van der Waals surface area contributed by atoms with Gasteiger partial charge in [-0.3, -0.25) is 15.0 Å². The van der Waals surface area contributed by atoms with Crippen molar-refractivity contribution >= 4 is 35.2 Å². The molecule has 79 heavy (non-hydrogen) atoms. The lowest BCUT2D eigenvalue weighted by Gasteiger charge is -2.36. The van der Waals surface area contributed by atoms with Crippen LogP contribution >= 0.6 is 11.8 Å². The Hall–Kier alpha value is -8.96. The highest BCUT2D eigenvalue weighted by Gasteiger charge is 2.42. The van der Waals surface area contributed by atoms with Gasteiger partial charge in [0.05, 0.1) is 17.2 Å². The van der Waals surface area contributed by atoms with Crippen LogP contribution in [0.3, 0.4) is 0 Å². The number of ether oxygens (including phenoxy) is 3. The van der Waals surface area contributed by atoms with E-state index in [4.69, 9.17) is 29.5 Å². The van der Waals surface area contributed by atoms with Crippen molar-refractivity contribution < 1.29 is 28.7 Å². The molecule has 0 saturated carbocycles. The summed E-state index contributed by atoms with van der Waals surface area (Å²) in [5, 5.41) is 25.6. The molecule has 0 N–H and O–H groups in total. The number of imidazole rings is 1. The molecule has 9 rings (SSSR count). The number of anilines is 1. The molecule has 3 aromatic heterocycles. The van der Waals surface area contributed by atoms with Crippen LogP contribution in [0.5, 0.6) is 11.6 Å². The number of pyridine rings is 1. The standard InChI is InChI=1S/C62H61N9O7S/c1-8-21-54-64-56(42(3)79-41-44-32-37-55(63-39-44)77-49-35-36-52(71(74)75)53(38-49)68(7)60(73)78-61(4,5)6)57(59(72)76-9-2)69(54)40-43-30-33-45(34-31-43)50-28-19-20-29-51(50)58-65-66-67-70(58)62(46-22-13-10-14-23-46,47-24-15-11-16-25-47)48-26-17-12-18-27-48/h10-20,22-39,42H,8-9,21,40-41H2,1-7H3. The minimum atomic E-state index is -0.928. The fourth-order valence-corrected chi connectivity index (χ4v) is 10.5. The molecule has 16 nitrogen and oxygen atoms in total. The van der Waals surface area contributed by atoms with Gasteiger partial charge in [-0.2, -0.15) is 0 Å². The van der Waals surface area contributed by atoms with E-state index >= 15 is 0 Å². The molecule has 1 amide bonds. The Labute approximate surface area is 463 Å². The molecule has 0 aliphatic heterocycles. The van der Waals surface area contributed by atoms with E-state index in [1.807, 2.05) is 89.0 Å². The minimum absolute atomic E-state index is 0.00658. The maximum absolute atomic E-state index is 14.0. The van der Waals surface area contributed by atoms with Crippen molar-refractivity contribution in [2.24, 2.45) is 0 Å². The van der Waals surface area contributed by atoms with Crippen molar-refractivity contribution in [1.82, 2.24) is 34.7 Å². The zero-order chi connectivity index (χ0) is 55.7. The molecule has 1 unspecified atom stereocenters. The summed E-state index contributed by atoms with van der Waals surface area (Å²) in [5.41, 5.74) is 6.71. The van der Waals surface area contributed by atoms with Gasteiger partial charge in [0, 0.05) is 61.0 Å². The number of esters is 1. The lowest BCUT2D eigenvalue weighted by molar-refractivity contribution is -0.384. The van der Waals surface area contributed by atoms with Crippen molar-refractivity contribution in [3.8, 4) is 34.1 Å². The molecule has 0 aliphatic rings. The van der Waals surface area contributed by atoms with Gasteiger partial charge >= 0.3 is 12.1 Å². The SMILES string of the molecule is CCCc1nc(C(C)SCc2ccc(Oc3ccc([N+](=O)[O-])c(N(C)C(=O)OC(C)(C)C)c3)nc2)c(C(=O)OCC)n1Cc1ccc(-c2ccccc2-c2nnnn2C(c2ccccc2)(c2ccccc2)c2ccccc2)cc1. The molecule has 0 saturated heterocycles. The van der Waals surface area contributed by atoms with E-state index in [9.17, 15) is 19.7 Å². The molecule has 0 aliphatic carbocycles. The number of thioether (sulfide) groups is 1. The van der Waals surface area contributed by atoms with E-state index in [-0.39, 0.29) is 34.9 Å². The predicted octanol–water partition coefficient (Wildman–Crippen LogP) is 13.7. The van der Waals surface area contributed by atoms with Gasteiger partial charge in [0.2, 0.25) is 5.88 Å². The third-order valence-corrected chi connectivity index (χ3v) is 14.5. The van der Waals surface area contributed by atoms with Gasteiger partial charge in [0.15, 0.2) is 11.5 Å².